The lowest BCUT2D eigenvalue weighted by molar-refractivity contribution is -0.130. The van der Waals surface area contributed by atoms with Crippen molar-refractivity contribution in [1.82, 2.24) is 15.5 Å². The van der Waals surface area contributed by atoms with Gasteiger partial charge in [-0.15, -0.1) is 11.8 Å². The lowest BCUT2D eigenvalue weighted by atomic mass is 9.89. The van der Waals surface area contributed by atoms with Gasteiger partial charge in [0.15, 0.2) is 11.5 Å². The number of carbonyl (C=O) groups excluding carboxylic acids is 2. The number of piperidine rings is 1. The van der Waals surface area contributed by atoms with Gasteiger partial charge in [0.25, 0.3) is 0 Å². The first-order chi connectivity index (χ1) is 16.6. The first kappa shape index (κ1) is 23.0. The Bertz CT molecular complexity index is 1050. The molecule has 0 spiro atoms. The summed E-state index contributed by atoms with van der Waals surface area (Å²) >= 11 is 1.41. The van der Waals surface area contributed by atoms with E-state index in [1.807, 2.05) is 36.4 Å². The summed E-state index contributed by atoms with van der Waals surface area (Å²) in [4.78, 5) is 27.5. The highest BCUT2D eigenvalue weighted by atomic mass is 32.2. The molecule has 8 nitrogen and oxygen atoms in total. The molecule has 2 saturated heterocycles. The fourth-order valence-corrected chi connectivity index (χ4v) is 5.53. The van der Waals surface area contributed by atoms with Gasteiger partial charge in [0.1, 0.15) is 5.50 Å². The maximum atomic E-state index is 12.9. The number of thioether (sulfide) groups is 1. The van der Waals surface area contributed by atoms with Gasteiger partial charge in [-0.2, -0.15) is 0 Å². The SMILES string of the molecule is CCc1ccc(NC(=O)CSC2NC(=O)C3CN(Cc4ccc5c(c4)OCO5)CCC3N2)cc1. The van der Waals surface area contributed by atoms with E-state index in [1.54, 1.807) is 0 Å². The summed E-state index contributed by atoms with van der Waals surface area (Å²) in [5.74, 6) is 1.70. The minimum atomic E-state index is -0.262. The highest BCUT2D eigenvalue weighted by Crippen LogP contribution is 2.33. The largest absolute Gasteiger partial charge is 0.454 e. The number of aryl methyl sites for hydroxylation is 1. The standard InChI is InChI=1S/C25H30N4O4S/c1-2-16-3-6-18(7-4-16)26-23(30)14-34-25-27-20-9-10-29(13-19(20)24(31)28-25)12-17-5-8-21-22(11-17)33-15-32-21/h3-8,11,19-20,25,27H,2,9-10,12-15H2,1H3,(H,26,30)(H,28,31). The van der Waals surface area contributed by atoms with Gasteiger partial charge >= 0.3 is 0 Å². The number of likely N-dealkylation sites (tertiary alicyclic amines) is 1. The zero-order valence-corrected chi connectivity index (χ0v) is 20.0. The normalized spacial score (nSPS) is 23.8. The van der Waals surface area contributed by atoms with Crippen molar-refractivity contribution in [1.29, 1.82) is 0 Å². The highest BCUT2D eigenvalue weighted by molar-refractivity contribution is 8.00. The fourth-order valence-electron chi connectivity index (χ4n) is 4.67. The molecule has 0 bridgehead atoms. The van der Waals surface area contributed by atoms with Crippen LogP contribution < -0.4 is 25.4 Å². The summed E-state index contributed by atoms with van der Waals surface area (Å²) in [5.41, 5.74) is 2.91. The molecule has 3 heterocycles. The van der Waals surface area contributed by atoms with Gasteiger partial charge in [-0.3, -0.25) is 19.8 Å². The van der Waals surface area contributed by atoms with E-state index < -0.39 is 0 Å². The zero-order valence-electron chi connectivity index (χ0n) is 19.2. The maximum absolute atomic E-state index is 12.9. The van der Waals surface area contributed by atoms with Crippen LogP contribution in [-0.4, -0.2) is 53.9 Å². The topological polar surface area (TPSA) is 91.9 Å². The Balaban J connectivity index is 1.09. The lowest BCUT2D eigenvalue weighted by Gasteiger charge is -2.43. The van der Waals surface area contributed by atoms with Crippen LogP contribution >= 0.6 is 11.8 Å². The smallest absolute Gasteiger partial charge is 0.234 e. The molecular weight excluding hydrogens is 452 g/mol. The van der Waals surface area contributed by atoms with Crippen LogP contribution in [0.15, 0.2) is 42.5 Å². The molecule has 0 saturated carbocycles. The summed E-state index contributed by atoms with van der Waals surface area (Å²) < 4.78 is 10.9. The van der Waals surface area contributed by atoms with Crippen molar-refractivity contribution in [3.8, 4) is 11.5 Å². The molecule has 5 rings (SSSR count). The van der Waals surface area contributed by atoms with Crippen molar-refractivity contribution in [3.05, 3.63) is 53.6 Å². The number of carbonyl (C=O) groups is 2. The van der Waals surface area contributed by atoms with Crippen LogP contribution in [0.4, 0.5) is 5.69 Å². The lowest BCUT2D eigenvalue weighted by Crippen LogP contribution is -2.64. The minimum Gasteiger partial charge on any atom is -0.454 e. The maximum Gasteiger partial charge on any atom is 0.234 e. The second-order valence-corrected chi connectivity index (χ2v) is 9.98. The average molecular weight is 483 g/mol. The molecule has 2 aromatic rings. The van der Waals surface area contributed by atoms with Crippen LogP contribution in [0.2, 0.25) is 0 Å². The summed E-state index contributed by atoms with van der Waals surface area (Å²) in [7, 11) is 0. The Labute approximate surface area is 203 Å². The molecule has 180 valence electrons. The van der Waals surface area contributed by atoms with Crippen molar-refractivity contribution in [2.75, 3.05) is 31.0 Å². The Morgan fingerprint density at radius 3 is 2.76 bits per heavy atom. The molecule has 34 heavy (non-hydrogen) atoms. The van der Waals surface area contributed by atoms with E-state index in [2.05, 4.69) is 33.8 Å². The summed E-state index contributed by atoms with van der Waals surface area (Å²) in [6.45, 7) is 4.74. The number of nitrogens with zero attached hydrogens (tertiary/aromatic N) is 1. The average Bonchev–Trinajstić information content (AvgIpc) is 3.32. The van der Waals surface area contributed by atoms with Gasteiger partial charge in [0.2, 0.25) is 18.6 Å². The predicted molar refractivity (Wildman–Crippen MR) is 132 cm³/mol. The second-order valence-electron chi connectivity index (χ2n) is 8.89. The molecule has 3 aliphatic heterocycles. The minimum absolute atomic E-state index is 0.0483. The van der Waals surface area contributed by atoms with Crippen LogP contribution in [-0.2, 0) is 22.6 Å². The van der Waals surface area contributed by atoms with Crippen LogP contribution in [0.5, 0.6) is 11.5 Å². The van der Waals surface area contributed by atoms with Gasteiger partial charge in [-0.25, -0.2) is 0 Å². The number of nitrogens with one attached hydrogen (secondary N) is 3. The van der Waals surface area contributed by atoms with Crippen LogP contribution in [0, 0.1) is 5.92 Å². The van der Waals surface area contributed by atoms with Gasteiger partial charge in [-0.05, 0) is 48.2 Å². The molecule has 2 aromatic carbocycles. The number of hydrogen-bond donors (Lipinski definition) is 3. The Kier molecular flexibility index (Phi) is 6.94. The molecule has 0 aromatic heterocycles. The van der Waals surface area contributed by atoms with Gasteiger partial charge in [0, 0.05) is 31.4 Å². The number of ether oxygens (including phenoxy) is 2. The molecular formula is C25H30N4O4S. The van der Waals surface area contributed by atoms with Crippen LogP contribution in [0.3, 0.4) is 0 Å². The molecule has 0 radical (unpaired) electrons. The number of rotatable bonds is 7. The molecule has 3 unspecified atom stereocenters. The van der Waals surface area contributed by atoms with E-state index in [0.29, 0.717) is 6.54 Å². The van der Waals surface area contributed by atoms with E-state index in [0.717, 1.165) is 48.7 Å². The van der Waals surface area contributed by atoms with E-state index in [-0.39, 0.29) is 41.8 Å². The van der Waals surface area contributed by atoms with E-state index in [9.17, 15) is 9.59 Å². The predicted octanol–water partition coefficient (Wildman–Crippen LogP) is 2.54. The fraction of sp³-hybridized carbons (Fsp3) is 0.440. The quantitative estimate of drug-likeness (QED) is 0.559. The van der Waals surface area contributed by atoms with Gasteiger partial charge in [-0.1, -0.05) is 25.1 Å². The van der Waals surface area contributed by atoms with Crippen molar-refractivity contribution in [3.63, 3.8) is 0 Å². The van der Waals surface area contributed by atoms with Crippen LogP contribution in [0.1, 0.15) is 24.5 Å². The summed E-state index contributed by atoms with van der Waals surface area (Å²) in [6, 6.07) is 14.0. The Morgan fingerprint density at radius 2 is 1.94 bits per heavy atom. The third-order valence-electron chi connectivity index (χ3n) is 6.54. The molecule has 9 heteroatoms. The molecule has 3 atom stereocenters. The number of fused-ring (bicyclic) bond motifs is 2. The molecule has 2 fully saturated rings. The molecule has 3 N–H and O–H groups in total. The van der Waals surface area contributed by atoms with Crippen molar-refractivity contribution in [2.45, 2.75) is 37.8 Å². The van der Waals surface area contributed by atoms with Gasteiger partial charge < -0.3 is 20.1 Å². The van der Waals surface area contributed by atoms with Crippen LogP contribution in [0.25, 0.3) is 0 Å². The Morgan fingerprint density at radius 1 is 1.15 bits per heavy atom. The zero-order chi connectivity index (χ0) is 23.5. The van der Waals surface area contributed by atoms with E-state index >= 15 is 0 Å². The molecule has 3 aliphatic rings. The third-order valence-corrected chi connectivity index (χ3v) is 7.56. The second kappa shape index (κ2) is 10.2. The number of amides is 2. The van der Waals surface area contributed by atoms with Crippen molar-refractivity contribution < 1.29 is 19.1 Å². The first-order valence-electron chi connectivity index (χ1n) is 11.7. The van der Waals surface area contributed by atoms with Gasteiger partial charge in [0.05, 0.1) is 11.7 Å². The van der Waals surface area contributed by atoms with Crippen molar-refractivity contribution in [2.24, 2.45) is 5.92 Å². The number of benzene rings is 2. The molecule has 0 aliphatic carbocycles. The first-order valence-corrected chi connectivity index (χ1v) is 12.8. The number of hydrogen-bond acceptors (Lipinski definition) is 7. The number of anilines is 1. The van der Waals surface area contributed by atoms with E-state index in [1.165, 1.54) is 17.3 Å². The summed E-state index contributed by atoms with van der Waals surface area (Å²) in [6.07, 6.45) is 1.85. The molecule has 2 amide bonds. The summed E-state index contributed by atoms with van der Waals surface area (Å²) in [5, 5.41) is 9.49. The highest BCUT2D eigenvalue weighted by Gasteiger charge is 2.40. The van der Waals surface area contributed by atoms with E-state index in [4.69, 9.17) is 9.47 Å². The Hall–Kier alpha value is -2.75. The van der Waals surface area contributed by atoms with Crippen molar-refractivity contribution >= 4 is 29.3 Å². The third kappa shape index (κ3) is 5.32. The monoisotopic (exact) mass is 482 g/mol.